The molecule has 4 rings (SSSR count). The Bertz CT molecular complexity index is 704. The Balaban J connectivity index is 0.000000691. The number of ether oxygens (including phenoxy) is 1. The van der Waals surface area contributed by atoms with E-state index < -0.39 is 0 Å². The van der Waals surface area contributed by atoms with E-state index in [0.717, 1.165) is 76.8 Å². The maximum atomic E-state index is 7.00. The number of aliphatic hydroxyl groups is 1. The lowest BCUT2D eigenvalue weighted by Crippen LogP contribution is -2.37. The first kappa shape index (κ1) is 25.9. The molecule has 2 aliphatic rings. The van der Waals surface area contributed by atoms with Crippen molar-refractivity contribution in [2.45, 2.75) is 47.5 Å². The van der Waals surface area contributed by atoms with Crippen LogP contribution in [0, 0.1) is 0 Å². The van der Waals surface area contributed by atoms with Crippen LogP contribution >= 0.6 is 0 Å². The molecule has 3 heterocycles. The summed E-state index contributed by atoms with van der Waals surface area (Å²) in [6.07, 6.45) is 2.17. The van der Waals surface area contributed by atoms with Gasteiger partial charge in [-0.3, -0.25) is 0 Å². The molecule has 1 N–H and O–H groups in total. The molecule has 0 bridgehead atoms. The highest BCUT2D eigenvalue weighted by molar-refractivity contribution is 5.73. The number of nitrogens with zero attached hydrogens (tertiary/aromatic N) is 4. The molecule has 0 unspecified atom stereocenters. The number of hydrogen-bond donors (Lipinski definition) is 1. The molecule has 168 valence electrons. The minimum Gasteiger partial charge on any atom is -0.400 e. The van der Waals surface area contributed by atoms with Crippen molar-refractivity contribution in [3.63, 3.8) is 0 Å². The van der Waals surface area contributed by atoms with Crippen molar-refractivity contribution >= 4 is 11.8 Å². The van der Waals surface area contributed by atoms with Crippen molar-refractivity contribution < 1.29 is 9.84 Å². The number of benzene rings is 1. The lowest BCUT2D eigenvalue weighted by Gasteiger charge is -2.28. The quantitative estimate of drug-likeness (QED) is 0.796. The van der Waals surface area contributed by atoms with Gasteiger partial charge in [-0.05, 0) is 12.8 Å². The Hall–Kier alpha value is -2.18. The molecule has 0 radical (unpaired) electrons. The van der Waals surface area contributed by atoms with E-state index in [2.05, 4.69) is 47.1 Å². The molecule has 0 amide bonds. The van der Waals surface area contributed by atoms with Crippen LogP contribution in [-0.4, -0.2) is 61.6 Å². The Morgan fingerprint density at radius 3 is 2.17 bits per heavy atom. The average Bonchev–Trinajstić information content (AvgIpc) is 3.26. The third-order valence-corrected chi connectivity index (χ3v) is 4.74. The summed E-state index contributed by atoms with van der Waals surface area (Å²) in [6.45, 7) is 15.5. The van der Waals surface area contributed by atoms with Crippen molar-refractivity contribution in [3.8, 4) is 11.3 Å². The summed E-state index contributed by atoms with van der Waals surface area (Å²) < 4.78 is 5.48. The summed E-state index contributed by atoms with van der Waals surface area (Å²) in [5.41, 5.74) is 3.58. The van der Waals surface area contributed by atoms with Crippen molar-refractivity contribution in [1.29, 1.82) is 0 Å². The van der Waals surface area contributed by atoms with Gasteiger partial charge in [0.15, 0.2) is 0 Å². The zero-order valence-electron chi connectivity index (χ0n) is 19.7. The highest BCUT2D eigenvalue weighted by Gasteiger charge is 2.27. The van der Waals surface area contributed by atoms with Crippen molar-refractivity contribution in [1.82, 2.24) is 9.97 Å². The van der Waals surface area contributed by atoms with E-state index >= 15 is 0 Å². The van der Waals surface area contributed by atoms with Crippen LogP contribution in [0.25, 0.3) is 11.3 Å². The molecule has 6 nitrogen and oxygen atoms in total. The van der Waals surface area contributed by atoms with Gasteiger partial charge >= 0.3 is 0 Å². The standard InChI is InChI=1S/C19H24N4O.2C2H6.CH4O/c1-2-9-22-10-8-16-17(15-6-4-3-5-7-15)20-19(21-18(16)22)23-11-13-24-14-12-23;3*1-2/h3-7H,2,8-14H2,1H3;2*1-2H3;2H,1H3. The topological polar surface area (TPSA) is 61.7 Å². The maximum Gasteiger partial charge on any atom is 0.228 e. The van der Waals surface area contributed by atoms with Gasteiger partial charge < -0.3 is 19.6 Å². The molecule has 1 saturated heterocycles. The number of fused-ring (bicyclic) bond motifs is 1. The van der Waals surface area contributed by atoms with Gasteiger partial charge in [-0.15, -0.1) is 0 Å². The molecule has 1 fully saturated rings. The lowest BCUT2D eigenvalue weighted by atomic mass is 10.1. The van der Waals surface area contributed by atoms with E-state index in [9.17, 15) is 0 Å². The first-order valence-corrected chi connectivity index (χ1v) is 11.4. The molecule has 2 aromatic rings. The number of morpholine rings is 1. The lowest BCUT2D eigenvalue weighted by molar-refractivity contribution is 0.122. The third-order valence-electron chi connectivity index (χ3n) is 4.74. The van der Waals surface area contributed by atoms with Crippen molar-refractivity contribution in [2.75, 3.05) is 56.3 Å². The van der Waals surface area contributed by atoms with E-state index in [1.165, 1.54) is 11.1 Å². The summed E-state index contributed by atoms with van der Waals surface area (Å²) in [5.74, 6) is 1.98. The fourth-order valence-electron chi connectivity index (χ4n) is 3.53. The van der Waals surface area contributed by atoms with Gasteiger partial charge in [0.1, 0.15) is 5.82 Å². The Morgan fingerprint density at radius 2 is 1.57 bits per heavy atom. The van der Waals surface area contributed by atoms with Crippen LogP contribution in [0.3, 0.4) is 0 Å². The van der Waals surface area contributed by atoms with Gasteiger partial charge in [0.05, 0.1) is 18.9 Å². The molecule has 2 aliphatic heterocycles. The third kappa shape index (κ3) is 6.41. The van der Waals surface area contributed by atoms with Crippen LogP contribution in [0.15, 0.2) is 30.3 Å². The summed E-state index contributed by atoms with van der Waals surface area (Å²) in [6, 6.07) is 10.5. The van der Waals surface area contributed by atoms with E-state index in [4.69, 9.17) is 19.8 Å². The molecule has 0 atom stereocenters. The Morgan fingerprint density at radius 1 is 0.933 bits per heavy atom. The molecular formula is C24H40N4O2. The van der Waals surface area contributed by atoms with Gasteiger partial charge in [-0.25, -0.2) is 4.98 Å². The maximum absolute atomic E-state index is 7.00. The summed E-state index contributed by atoms with van der Waals surface area (Å²) in [4.78, 5) is 14.6. The highest BCUT2D eigenvalue weighted by Crippen LogP contribution is 2.35. The van der Waals surface area contributed by atoms with Crippen LogP contribution in [0.2, 0.25) is 0 Å². The molecule has 1 aromatic carbocycles. The predicted octanol–water partition coefficient (Wildman–Crippen LogP) is 4.41. The van der Waals surface area contributed by atoms with Crippen molar-refractivity contribution in [3.05, 3.63) is 35.9 Å². The number of rotatable bonds is 4. The summed E-state index contributed by atoms with van der Waals surface area (Å²) in [7, 11) is 1.00. The molecular weight excluding hydrogens is 376 g/mol. The van der Waals surface area contributed by atoms with Gasteiger partial charge in [-0.1, -0.05) is 65.0 Å². The minimum absolute atomic E-state index is 0.750. The number of aromatic nitrogens is 2. The zero-order valence-corrected chi connectivity index (χ0v) is 19.7. The van der Waals surface area contributed by atoms with E-state index in [1.807, 2.05) is 27.7 Å². The fourth-order valence-corrected chi connectivity index (χ4v) is 3.53. The van der Waals surface area contributed by atoms with Crippen LogP contribution < -0.4 is 9.80 Å². The van der Waals surface area contributed by atoms with Crippen LogP contribution in [-0.2, 0) is 11.2 Å². The molecule has 0 aliphatic carbocycles. The summed E-state index contributed by atoms with van der Waals surface area (Å²) >= 11 is 0. The van der Waals surface area contributed by atoms with E-state index in [1.54, 1.807) is 0 Å². The molecule has 1 aromatic heterocycles. The van der Waals surface area contributed by atoms with E-state index in [-0.39, 0.29) is 0 Å². The SMILES string of the molecule is CC.CC.CCCN1CCc2c(-c3ccccc3)nc(N3CCOCC3)nc21.CO. The number of hydrogen-bond acceptors (Lipinski definition) is 6. The van der Waals surface area contributed by atoms with Gasteiger partial charge in [0.2, 0.25) is 5.95 Å². The van der Waals surface area contributed by atoms with Gasteiger partial charge in [0, 0.05) is 44.4 Å². The molecule has 6 heteroatoms. The summed E-state index contributed by atoms with van der Waals surface area (Å²) in [5, 5.41) is 7.00. The molecule has 0 saturated carbocycles. The smallest absolute Gasteiger partial charge is 0.228 e. The van der Waals surface area contributed by atoms with Crippen molar-refractivity contribution in [2.24, 2.45) is 0 Å². The first-order chi connectivity index (χ1) is 14.9. The monoisotopic (exact) mass is 416 g/mol. The largest absolute Gasteiger partial charge is 0.400 e. The Labute approximate surface area is 182 Å². The second-order valence-electron chi connectivity index (χ2n) is 6.38. The van der Waals surface area contributed by atoms with Gasteiger partial charge in [-0.2, -0.15) is 4.98 Å². The number of aliphatic hydroxyl groups excluding tert-OH is 1. The second-order valence-corrected chi connectivity index (χ2v) is 6.38. The van der Waals surface area contributed by atoms with Gasteiger partial charge in [0.25, 0.3) is 0 Å². The second kappa shape index (κ2) is 14.7. The first-order valence-electron chi connectivity index (χ1n) is 11.4. The Kier molecular flexibility index (Phi) is 12.7. The predicted molar refractivity (Wildman–Crippen MR) is 128 cm³/mol. The molecule has 0 spiro atoms. The van der Waals surface area contributed by atoms with Crippen LogP contribution in [0.4, 0.5) is 11.8 Å². The molecule has 30 heavy (non-hydrogen) atoms. The number of anilines is 2. The van der Waals surface area contributed by atoms with Crippen LogP contribution in [0.5, 0.6) is 0 Å². The fraction of sp³-hybridized carbons (Fsp3) is 0.583. The minimum atomic E-state index is 0.750. The zero-order chi connectivity index (χ0) is 22.4. The van der Waals surface area contributed by atoms with Crippen LogP contribution in [0.1, 0.15) is 46.6 Å². The highest BCUT2D eigenvalue weighted by atomic mass is 16.5. The normalized spacial score (nSPS) is 14.4. The average molecular weight is 417 g/mol. The van der Waals surface area contributed by atoms with E-state index in [0.29, 0.717) is 0 Å².